The maximum atomic E-state index is 12.5. The molecule has 0 spiro atoms. The number of fused-ring (bicyclic) bond motifs is 1. The second-order valence-electron chi connectivity index (χ2n) is 5.46. The number of nitrogens with one attached hydrogen (secondary N) is 1. The lowest BCUT2D eigenvalue weighted by Crippen LogP contribution is -2.38. The smallest absolute Gasteiger partial charge is 0.252 e. The molecule has 1 amide bonds. The second-order valence-corrected chi connectivity index (χ2v) is 6.41. The van der Waals surface area contributed by atoms with Crippen LogP contribution >= 0.6 is 11.3 Å². The minimum absolute atomic E-state index is 0.173. The van der Waals surface area contributed by atoms with Crippen LogP contribution < -0.4 is 5.32 Å². The number of carbonyl (C=O) groups is 1. The van der Waals surface area contributed by atoms with Crippen LogP contribution in [0.2, 0.25) is 0 Å². The zero-order valence-corrected chi connectivity index (χ0v) is 13.1. The summed E-state index contributed by atoms with van der Waals surface area (Å²) in [5.41, 5.74) is -0.436. The molecule has 1 aromatic heterocycles. The Morgan fingerprint density at radius 2 is 1.91 bits per heavy atom. The van der Waals surface area contributed by atoms with Gasteiger partial charge in [0.05, 0.1) is 6.54 Å². The van der Waals surface area contributed by atoms with E-state index in [4.69, 9.17) is 0 Å². The Hall–Kier alpha value is -2.17. The van der Waals surface area contributed by atoms with Gasteiger partial charge >= 0.3 is 0 Å². The third kappa shape index (κ3) is 2.89. The molecular weight excluding hydrogens is 294 g/mol. The van der Waals surface area contributed by atoms with Gasteiger partial charge in [-0.15, -0.1) is 11.3 Å². The maximum Gasteiger partial charge on any atom is 0.252 e. The van der Waals surface area contributed by atoms with Crippen LogP contribution in [0, 0.1) is 0 Å². The van der Waals surface area contributed by atoms with Gasteiger partial charge in [-0.3, -0.25) is 4.79 Å². The number of hydrogen-bond donors (Lipinski definition) is 2. The van der Waals surface area contributed by atoms with E-state index in [1.807, 2.05) is 53.9 Å². The van der Waals surface area contributed by atoms with Gasteiger partial charge in [0.15, 0.2) is 0 Å². The van der Waals surface area contributed by atoms with Crippen molar-refractivity contribution >= 4 is 28.0 Å². The molecule has 22 heavy (non-hydrogen) atoms. The highest BCUT2D eigenvalue weighted by Crippen LogP contribution is 2.25. The van der Waals surface area contributed by atoms with Crippen LogP contribution in [0.3, 0.4) is 0 Å². The molecule has 3 aromatic rings. The molecule has 0 saturated heterocycles. The number of carbonyl (C=O) groups excluding carboxylic acids is 1. The van der Waals surface area contributed by atoms with Crippen LogP contribution in [0.4, 0.5) is 0 Å². The summed E-state index contributed by atoms with van der Waals surface area (Å²) in [6, 6.07) is 17.2. The molecule has 0 unspecified atom stereocenters. The van der Waals surface area contributed by atoms with Gasteiger partial charge in [-0.25, -0.2) is 0 Å². The summed E-state index contributed by atoms with van der Waals surface area (Å²) in [5.74, 6) is -0.173. The first-order chi connectivity index (χ1) is 10.6. The van der Waals surface area contributed by atoms with Crippen molar-refractivity contribution in [2.24, 2.45) is 0 Å². The summed E-state index contributed by atoms with van der Waals surface area (Å²) >= 11 is 1.48. The van der Waals surface area contributed by atoms with E-state index in [0.717, 1.165) is 15.6 Å². The zero-order valence-electron chi connectivity index (χ0n) is 12.2. The monoisotopic (exact) mass is 311 g/mol. The molecule has 0 fully saturated rings. The summed E-state index contributed by atoms with van der Waals surface area (Å²) in [6.07, 6.45) is 0. The van der Waals surface area contributed by atoms with Gasteiger partial charge in [0.25, 0.3) is 5.91 Å². The fourth-order valence-corrected chi connectivity index (χ4v) is 3.23. The van der Waals surface area contributed by atoms with Gasteiger partial charge in [0.2, 0.25) is 0 Å². The molecule has 1 atom stereocenters. The standard InChI is InChI=1S/C18H17NO2S/c1-18(21,16-10-5-11-22-16)12-19-17(20)15-9-4-7-13-6-2-3-8-14(13)15/h2-11,21H,12H2,1H3,(H,19,20)/t18-/m1/s1. The summed E-state index contributed by atoms with van der Waals surface area (Å²) < 4.78 is 0. The lowest BCUT2D eigenvalue weighted by Gasteiger charge is -2.22. The first-order valence-electron chi connectivity index (χ1n) is 7.10. The summed E-state index contributed by atoms with van der Waals surface area (Å²) in [4.78, 5) is 13.3. The Bertz CT molecular complexity index is 788. The topological polar surface area (TPSA) is 49.3 Å². The summed E-state index contributed by atoms with van der Waals surface area (Å²) in [7, 11) is 0. The highest BCUT2D eigenvalue weighted by atomic mass is 32.1. The molecule has 2 aromatic carbocycles. The Labute approximate surface area is 133 Å². The highest BCUT2D eigenvalue weighted by molar-refractivity contribution is 7.10. The number of hydrogen-bond acceptors (Lipinski definition) is 3. The minimum Gasteiger partial charge on any atom is -0.383 e. The SMILES string of the molecule is C[C@@](O)(CNC(=O)c1cccc2ccccc12)c1cccs1. The highest BCUT2D eigenvalue weighted by Gasteiger charge is 2.25. The molecular formula is C18H17NO2S. The zero-order chi connectivity index (χ0) is 15.6. The van der Waals surface area contributed by atoms with E-state index in [0.29, 0.717) is 5.56 Å². The number of benzene rings is 2. The van der Waals surface area contributed by atoms with E-state index in [1.54, 1.807) is 13.0 Å². The van der Waals surface area contributed by atoms with Gasteiger partial charge in [-0.2, -0.15) is 0 Å². The average molecular weight is 311 g/mol. The minimum atomic E-state index is -1.06. The average Bonchev–Trinajstić information content (AvgIpc) is 3.07. The van der Waals surface area contributed by atoms with Gasteiger partial charge in [0, 0.05) is 10.4 Å². The number of thiophene rings is 1. The van der Waals surface area contributed by atoms with Gasteiger partial charge in [0.1, 0.15) is 5.60 Å². The molecule has 0 aliphatic carbocycles. The van der Waals surface area contributed by atoms with Crippen molar-refractivity contribution in [1.29, 1.82) is 0 Å². The molecule has 112 valence electrons. The largest absolute Gasteiger partial charge is 0.383 e. The Kier molecular flexibility index (Phi) is 3.96. The fraction of sp³-hybridized carbons (Fsp3) is 0.167. The van der Waals surface area contributed by atoms with Crippen LogP contribution in [0.25, 0.3) is 10.8 Å². The normalized spacial score (nSPS) is 13.7. The van der Waals surface area contributed by atoms with Gasteiger partial charge in [-0.1, -0.05) is 42.5 Å². The molecule has 4 heteroatoms. The molecule has 0 aliphatic heterocycles. The number of aliphatic hydroxyl groups is 1. The molecule has 1 heterocycles. The molecule has 0 saturated carbocycles. The first-order valence-corrected chi connectivity index (χ1v) is 7.98. The second kappa shape index (κ2) is 5.91. The molecule has 2 N–H and O–H groups in total. The number of amides is 1. The number of rotatable bonds is 4. The van der Waals surface area contributed by atoms with Crippen molar-refractivity contribution in [3.8, 4) is 0 Å². The van der Waals surface area contributed by atoms with Crippen LogP contribution in [0.5, 0.6) is 0 Å². The lowest BCUT2D eigenvalue weighted by atomic mass is 10.0. The van der Waals surface area contributed by atoms with Crippen LogP contribution in [0.1, 0.15) is 22.2 Å². The van der Waals surface area contributed by atoms with Crippen molar-refractivity contribution in [2.45, 2.75) is 12.5 Å². The van der Waals surface area contributed by atoms with E-state index >= 15 is 0 Å². The predicted molar refractivity (Wildman–Crippen MR) is 90.2 cm³/mol. The summed E-state index contributed by atoms with van der Waals surface area (Å²) in [5, 5.41) is 17.2. The molecule has 0 radical (unpaired) electrons. The Balaban J connectivity index is 1.80. The van der Waals surface area contributed by atoms with Crippen molar-refractivity contribution in [2.75, 3.05) is 6.54 Å². The van der Waals surface area contributed by atoms with Crippen LogP contribution in [-0.2, 0) is 5.60 Å². The molecule has 0 bridgehead atoms. The van der Waals surface area contributed by atoms with Gasteiger partial charge < -0.3 is 10.4 Å². The molecule has 3 nitrogen and oxygen atoms in total. The van der Waals surface area contributed by atoms with Crippen LogP contribution in [0.15, 0.2) is 60.0 Å². The third-order valence-electron chi connectivity index (χ3n) is 3.68. The van der Waals surface area contributed by atoms with E-state index < -0.39 is 5.60 Å². The molecule has 3 rings (SSSR count). The third-order valence-corrected chi connectivity index (χ3v) is 4.80. The van der Waals surface area contributed by atoms with Crippen molar-refractivity contribution in [1.82, 2.24) is 5.32 Å². The van der Waals surface area contributed by atoms with Crippen molar-refractivity contribution in [3.05, 3.63) is 70.4 Å². The summed E-state index contributed by atoms with van der Waals surface area (Å²) in [6.45, 7) is 1.89. The van der Waals surface area contributed by atoms with E-state index in [1.165, 1.54) is 11.3 Å². The predicted octanol–water partition coefficient (Wildman–Crippen LogP) is 3.54. The van der Waals surface area contributed by atoms with Gasteiger partial charge in [-0.05, 0) is 35.2 Å². The Morgan fingerprint density at radius 3 is 2.68 bits per heavy atom. The maximum absolute atomic E-state index is 12.5. The van der Waals surface area contributed by atoms with E-state index in [9.17, 15) is 9.90 Å². The van der Waals surface area contributed by atoms with Crippen molar-refractivity contribution < 1.29 is 9.90 Å². The fourth-order valence-electron chi connectivity index (χ4n) is 2.44. The Morgan fingerprint density at radius 1 is 1.14 bits per heavy atom. The van der Waals surface area contributed by atoms with E-state index in [-0.39, 0.29) is 12.5 Å². The van der Waals surface area contributed by atoms with Crippen LogP contribution in [-0.4, -0.2) is 17.6 Å². The molecule has 0 aliphatic rings. The van der Waals surface area contributed by atoms with Crippen molar-refractivity contribution in [3.63, 3.8) is 0 Å². The lowest BCUT2D eigenvalue weighted by molar-refractivity contribution is 0.0557. The van der Waals surface area contributed by atoms with E-state index in [2.05, 4.69) is 5.32 Å². The quantitative estimate of drug-likeness (QED) is 0.774. The first kappa shape index (κ1) is 14.8.